The molecular weight excluding hydrogens is 347 g/mol. The van der Waals surface area contributed by atoms with Crippen LogP contribution < -0.4 is 15.6 Å². The van der Waals surface area contributed by atoms with Crippen molar-refractivity contribution in [1.82, 2.24) is 10.9 Å². The SMILES string of the molecule is C[C@H](Oc1ccc(F)cc1)C(=O)NNC(=O)/C=C/c1cccc(Cl)c1. The minimum atomic E-state index is -0.873. The van der Waals surface area contributed by atoms with E-state index < -0.39 is 23.7 Å². The van der Waals surface area contributed by atoms with Gasteiger partial charge in [-0.2, -0.15) is 0 Å². The fraction of sp³-hybridized carbons (Fsp3) is 0.111. The molecule has 0 fully saturated rings. The van der Waals surface area contributed by atoms with Crippen molar-refractivity contribution in [2.24, 2.45) is 0 Å². The Morgan fingerprint density at radius 2 is 1.88 bits per heavy atom. The van der Waals surface area contributed by atoms with Crippen LogP contribution in [0.5, 0.6) is 5.75 Å². The van der Waals surface area contributed by atoms with Crippen molar-refractivity contribution in [2.45, 2.75) is 13.0 Å². The van der Waals surface area contributed by atoms with E-state index in [2.05, 4.69) is 10.9 Å². The Morgan fingerprint density at radius 3 is 2.56 bits per heavy atom. The maximum atomic E-state index is 12.8. The molecule has 0 saturated carbocycles. The molecule has 2 aromatic carbocycles. The van der Waals surface area contributed by atoms with Crippen LogP contribution in [0.3, 0.4) is 0 Å². The van der Waals surface area contributed by atoms with Gasteiger partial charge in [0.25, 0.3) is 11.8 Å². The van der Waals surface area contributed by atoms with Crippen LogP contribution in [0.15, 0.2) is 54.6 Å². The Labute approximate surface area is 149 Å². The van der Waals surface area contributed by atoms with Gasteiger partial charge in [0.15, 0.2) is 6.10 Å². The van der Waals surface area contributed by atoms with Crippen LogP contribution >= 0.6 is 11.6 Å². The minimum absolute atomic E-state index is 0.344. The van der Waals surface area contributed by atoms with Gasteiger partial charge >= 0.3 is 0 Å². The molecule has 2 amide bonds. The van der Waals surface area contributed by atoms with Crippen molar-refractivity contribution in [3.63, 3.8) is 0 Å². The van der Waals surface area contributed by atoms with E-state index in [-0.39, 0.29) is 0 Å². The van der Waals surface area contributed by atoms with E-state index in [0.29, 0.717) is 10.8 Å². The molecule has 5 nitrogen and oxygen atoms in total. The molecule has 2 N–H and O–H groups in total. The average molecular weight is 363 g/mol. The summed E-state index contributed by atoms with van der Waals surface area (Å²) in [6, 6.07) is 12.2. The lowest BCUT2D eigenvalue weighted by Crippen LogP contribution is -2.46. The summed E-state index contributed by atoms with van der Waals surface area (Å²) in [6.45, 7) is 1.51. The monoisotopic (exact) mass is 362 g/mol. The molecule has 0 bridgehead atoms. The van der Waals surface area contributed by atoms with Gasteiger partial charge in [0.05, 0.1) is 0 Å². The topological polar surface area (TPSA) is 67.4 Å². The zero-order valence-corrected chi connectivity index (χ0v) is 14.1. The number of nitrogens with one attached hydrogen (secondary N) is 2. The third-order valence-corrected chi connectivity index (χ3v) is 3.32. The summed E-state index contributed by atoms with van der Waals surface area (Å²) in [4.78, 5) is 23.6. The molecule has 0 saturated heterocycles. The van der Waals surface area contributed by atoms with E-state index in [1.807, 2.05) is 0 Å². The van der Waals surface area contributed by atoms with Crippen LogP contribution in [0.4, 0.5) is 4.39 Å². The van der Waals surface area contributed by atoms with Gasteiger partial charge in [0, 0.05) is 11.1 Å². The highest BCUT2D eigenvalue weighted by Gasteiger charge is 2.14. The Bertz CT molecular complexity index is 778. The number of hydrogen-bond donors (Lipinski definition) is 2. The predicted molar refractivity (Wildman–Crippen MR) is 93.3 cm³/mol. The normalized spacial score (nSPS) is 11.8. The summed E-state index contributed by atoms with van der Waals surface area (Å²) >= 11 is 5.85. The molecule has 0 heterocycles. The highest BCUT2D eigenvalue weighted by molar-refractivity contribution is 6.30. The van der Waals surface area contributed by atoms with Crippen LogP contribution in [-0.4, -0.2) is 17.9 Å². The summed E-state index contributed by atoms with van der Waals surface area (Å²) in [6.07, 6.45) is 1.95. The van der Waals surface area contributed by atoms with Gasteiger partial charge in [0.1, 0.15) is 11.6 Å². The molecule has 0 spiro atoms. The summed E-state index contributed by atoms with van der Waals surface area (Å²) in [5, 5.41) is 0.558. The molecule has 0 aliphatic carbocycles. The largest absolute Gasteiger partial charge is 0.481 e. The first kappa shape index (κ1) is 18.5. The lowest BCUT2D eigenvalue weighted by atomic mass is 10.2. The molecule has 0 radical (unpaired) electrons. The summed E-state index contributed by atoms with van der Waals surface area (Å²) in [5.74, 6) is -1.12. The van der Waals surface area contributed by atoms with Gasteiger partial charge in [-0.3, -0.25) is 20.4 Å². The van der Waals surface area contributed by atoms with Crippen molar-refractivity contribution < 1.29 is 18.7 Å². The van der Waals surface area contributed by atoms with Crippen molar-refractivity contribution in [2.75, 3.05) is 0 Å². The third kappa shape index (κ3) is 6.27. The minimum Gasteiger partial charge on any atom is -0.481 e. The summed E-state index contributed by atoms with van der Waals surface area (Å²) < 4.78 is 18.2. The quantitative estimate of drug-likeness (QED) is 0.634. The standard InChI is InChI=1S/C18H16ClFN2O3/c1-12(25-16-8-6-15(20)7-9-16)18(24)22-21-17(23)10-5-13-3-2-4-14(19)11-13/h2-12H,1H3,(H,21,23)(H,22,24)/b10-5+/t12-/m0/s1. The van der Waals surface area contributed by atoms with Crippen molar-refractivity contribution >= 4 is 29.5 Å². The van der Waals surface area contributed by atoms with Gasteiger partial charge in [-0.1, -0.05) is 23.7 Å². The molecular formula is C18H16ClFN2O3. The molecule has 7 heteroatoms. The van der Waals surface area contributed by atoms with E-state index in [1.54, 1.807) is 30.3 Å². The molecule has 130 valence electrons. The average Bonchev–Trinajstić information content (AvgIpc) is 2.60. The first-order valence-corrected chi connectivity index (χ1v) is 7.77. The number of amides is 2. The Morgan fingerprint density at radius 1 is 1.16 bits per heavy atom. The number of rotatable bonds is 5. The summed E-state index contributed by atoms with van der Waals surface area (Å²) in [5.41, 5.74) is 5.24. The van der Waals surface area contributed by atoms with Gasteiger partial charge in [-0.05, 0) is 55.0 Å². The molecule has 0 aromatic heterocycles. The number of carbonyl (C=O) groups is 2. The van der Waals surface area contributed by atoms with E-state index >= 15 is 0 Å². The fourth-order valence-corrected chi connectivity index (χ4v) is 2.02. The molecule has 25 heavy (non-hydrogen) atoms. The number of benzene rings is 2. The Balaban J connectivity index is 1.80. The lowest BCUT2D eigenvalue weighted by molar-refractivity contribution is -0.131. The number of hydrogen-bond acceptors (Lipinski definition) is 3. The Kier molecular flexibility index (Phi) is 6.54. The molecule has 2 aromatic rings. The third-order valence-electron chi connectivity index (χ3n) is 3.08. The smallest absolute Gasteiger partial charge is 0.279 e. The second-order valence-electron chi connectivity index (χ2n) is 5.08. The first-order chi connectivity index (χ1) is 11.9. The van der Waals surface area contributed by atoms with E-state index in [9.17, 15) is 14.0 Å². The molecule has 0 aliphatic heterocycles. The van der Waals surface area contributed by atoms with Crippen molar-refractivity contribution in [1.29, 1.82) is 0 Å². The van der Waals surface area contributed by atoms with Crippen LogP contribution in [0, 0.1) is 5.82 Å². The van der Waals surface area contributed by atoms with Gasteiger partial charge in [-0.25, -0.2) is 4.39 Å². The predicted octanol–water partition coefficient (Wildman–Crippen LogP) is 3.11. The van der Waals surface area contributed by atoms with Crippen LogP contribution in [-0.2, 0) is 9.59 Å². The number of hydrazine groups is 1. The lowest BCUT2D eigenvalue weighted by Gasteiger charge is -2.14. The first-order valence-electron chi connectivity index (χ1n) is 7.40. The zero-order valence-electron chi connectivity index (χ0n) is 13.3. The summed E-state index contributed by atoms with van der Waals surface area (Å²) in [7, 11) is 0. The highest BCUT2D eigenvalue weighted by Crippen LogP contribution is 2.13. The van der Waals surface area contributed by atoms with Crippen LogP contribution in [0.25, 0.3) is 6.08 Å². The number of ether oxygens (including phenoxy) is 1. The van der Waals surface area contributed by atoms with E-state index in [4.69, 9.17) is 16.3 Å². The highest BCUT2D eigenvalue weighted by atomic mass is 35.5. The second-order valence-corrected chi connectivity index (χ2v) is 5.52. The molecule has 1 atom stereocenters. The Hall–Kier alpha value is -2.86. The van der Waals surface area contributed by atoms with Gasteiger partial charge < -0.3 is 4.74 Å². The fourth-order valence-electron chi connectivity index (χ4n) is 1.82. The molecule has 2 rings (SSSR count). The number of carbonyl (C=O) groups excluding carboxylic acids is 2. The second kappa shape index (κ2) is 8.84. The maximum absolute atomic E-state index is 12.8. The van der Waals surface area contributed by atoms with Gasteiger partial charge in [0.2, 0.25) is 0 Å². The van der Waals surface area contributed by atoms with E-state index in [0.717, 1.165) is 5.56 Å². The zero-order chi connectivity index (χ0) is 18.2. The van der Waals surface area contributed by atoms with Crippen LogP contribution in [0.2, 0.25) is 5.02 Å². The number of halogens is 2. The maximum Gasteiger partial charge on any atom is 0.279 e. The van der Waals surface area contributed by atoms with E-state index in [1.165, 1.54) is 37.3 Å². The van der Waals surface area contributed by atoms with Crippen molar-refractivity contribution in [3.05, 3.63) is 71.0 Å². The molecule has 0 unspecified atom stereocenters. The van der Waals surface area contributed by atoms with Gasteiger partial charge in [-0.15, -0.1) is 0 Å². The van der Waals surface area contributed by atoms with Crippen LogP contribution in [0.1, 0.15) is 12.5 Å². The van der Waals surface area contributed by atoms with Crippen molar-refractivity contribution in [3.8, 4) is 5.75 Å². The molecule has 0 aliphatic rings.